The number of anilines is 1. The number of pyridine rings is 1. The first kappa shape index (κ1) is 22.1. The third-order valence-corrected chi connectivity index (χ3v) is 6.44. The molecule has 5 rings (SSSR count). The zero-order valence-corrected chi connectivity index (χ0v) is 19.9. The van der Waals surface area contributed by atoms with Crippen molar-refractivity contribution in [1.29, 1.82) is 0 Å². The van der Waals surface area contributed by atoms with E-state index in [2.05, 4.69) is 21.1 Å². The fourth-order valence-electron chi connectivity index (χ4n) is 4.46. The summed E-state index contributed by atoms with van der Waals surface area (Å²) >= 11 is 5.54. The van der Waals surface area contributed by atoms with Gasteiger partial charge in [-0.2, -0.15) is 10.2 Å². The van der Waals surface area contributed by atoms with Gasteiger partial charge in [0.25, 0.3) is 0 Å². The number of para-hydroxylation sites is 1. The maximum atomic E-state index is 6.31. The van der Waals surface area contributed by atoms with Crippen molar-refractivity contribution in [2.45, 2.75) is 51.7 Å². The molecule has 1 saturated carbocycles. The van der Waals surface area contributed by atoms with Gasteiger partial charge in [0.1, 0.15) is 12.1 Å². The van der Waals surface area contributed by atoms with Gasteiger partial charge in [-0.05, 0) is 45.2 Å². The third-order valence-electron chi connectivity index (χ3n) is 6.04. The molecule has 174 valence electrons. The van der Waals surface area contributed by atoms with Crippen LogP contribution in [0.3, 0.4) is 0 Å². The maximum absolute atomic E-state index is 6.31. The summed E-state index contributed by atoms with van der Waals surface area (Å²) in [4.78, 5) is 14.3. The SMILES string of the molecule is CC(C)Oc1nc2ccccc2cc1Cn1nc(C2CC/C(=N\N)C(=S)C2)c2c(N)ncnc21. The minimum atomic E-state index is -0.0167. The number of ether oxygens (including phenoxy) is 1. The van der Waals surface area contributed by atoms with E-state index in [1.165, 1.54) is 6.33 Å². The lowest BCUT2D eigenvalue weighted by atomic mass is 9.85. The van der Waals surface area contributed by atoms with Crippen molar-refractivity contribution in [2.24, 2.45) is 10.9 Å². The van der Waals surface area contributed by atoms with Gasteiger partial charge in [-0.3, -0.25) is 0 Å². The van der Waals surface area contributed by atoms with Gasteiger partial charge in [0.05, 0.1) is 35.0 Å². The molecule has 0 aliphatic heterocycles. The van der Waals surface area contributed by atoms with Gasteiger partial charge in [0.2, 0.25) is 5.88 Å². The molecule has 0 saturated heterocycles. The van der Waals surface area contributed by atoms with Gasteiger partial charge in [-0.15, -0.1) is 0 Å². The minimum absolute atomic E-state index is 0.0167. The molecular weight excluding hydrogens is 448 g/mol. The topological polar surface area (TPSA) is 130 Å². The first-order chi connectivity index (χ1) is 16.4. The summed E-state index contributed by atoms with van der Waals surface area (Å²) in [5.41, 5.74) is 10.4. The summed E-state index contributed by atoms with van der Waals surface area (Å²) < 4.78 is 7.93. The van der Waals surface area contributed by atoms with Gasteiger partial charge in [-0.1, -0.05) is 30.4 Å². The Balaban J connectivity index is 1.60. The maximum Gasteiger partial charge on any atom is 0.219 e. The van der Waals surface area contributed by atoms with Crippen molar-refractivity contribution in [3.8, 4) is 5.88 Å². The minimum Gasteiger partial charge on any atom is -0.475 e. The van der Waals surface area contributed by atoms with Crippen LogP contribution >= 0.6 is 12.2 Å². The summed E-state index contributed by atoms with van der Waals surface area (Å²) in [6, 6.07) is 10.1. The Labute approximate surface area is 202 Å². The number of nitrogens with zero attached hydrogens (tertiary/aromatic N) is 6. The van der Waals surface area contributed by atoms with E-state index in [4.69, 9.17) is 38.6 Å². The molecular formula is C24H26N8OS. The Kier molecular flexibility index (Phi) is 5.82. The molecule has 1 fully saturated rings. The molecule has 1 unspecified atom stereocenters. The van der Waals surface area contributed by atoms with Crippen LogP contribution in [0.25, 0.3) is 21.9 Å². The Morgan fingerprint density at radius 2 is 2.09 bits per heavy atom. The molecule has 0 spiro atoms. The van der Waals surface area contributed by atoms with Crippen LogP contribution in [0.4, 0.5) is 5.82 Å². The van der Waals surface area contributed by atoms with Gasteiger partial charge in [0.15, 0.2) is 5.65 Å². The van der Waals surface area contributed by atoms with Crippen molar-refractivity contribution in [1.82, 2.24) is 24.7 Å². The predicted molar refractivity (Wildman–Crippen MR) is 137 cm³/mol. The molecule has 3 aromatic heterocycles. The molecule has 3 heterocycles. The number of aromatic nitrogens is 5. The van der Waals surface area contributed by atoms with E-state index in [0.29, 0.717) is 36.7 Å². The van der Waals surface area contributed by atoms with Crippen molar-refractivity contribution in [3.63, 3.8) is 0 Å². The molecule has 0 bridgehead atoms. The zero-order valence-electron chi connectivity index (χ0n) is 19.1. The quantitative estimate of drug-likeness (QED) is 0.254. The molecule has 34 heavy (non-hydrogen) atoms. The number of thiocarbonyl (C=S) groups is 1. The van der Waals surface area contributed by atoms with Crippen molar-refractivity contribution in [2.75, 3.05) is 5.73 Å². The van der Waals surface area contributed by atoms with E-state index < -0.39 is 0 Å². The normalized spacial score (nSPS) is 17.8. The standard InChI is InChI=1S/C24H26N8OS/c1-13(2)33-24-16(9-14-5-3-4-6-17(14)29-24)11-32-23-20(22(25)27-12-28-23)21(31-32)15-7-8-18(30-26)19(34)10-15/h3-6,9,12-13,15H,7-8,10-11,26H2,1-2H3,(H2,25,27,28)/b30-18+. The highest BCUT2D eigenvalue weighted by Crippen LogP contribution is 2.36. The third kappa shape index (κ3) is 4.05. The number of nitrogens with two attached hydrogens (primary N) is 2. The van der Waals surface area contributed by atoms with Crippen LogP contribution in [0, 0.1) is 0 Å². The van der Waals surface area contributed by atoms with Gasteiger partial charge in [-0.25, -0.2) is 19.6 Å². The van der Waals surface area contributed by atoms with E-state index in [0.717, 1.165) is 44.5 Å². The molecule has 1 atom stereocenters. The number of hydrazone groups is 1. The van der Waals surface area contributed by atoms with E-state index in [1.807, 2.05) is 42.8 Å². The highest BCUT2D eigenvalue weighted by atomic mass is 32.1. The summed E-state index contributed by atoms with van der Waals surface area (Å²) in [7, 11) is 0. The van der Waals surface area contributed by atoms with E-state index in [9.17, 15) is 0 Å². The van der Waals surface area contributed by atoms with Crippen LogP contribution in [0.5, 0.6) is 5.88 Å². The molecule has 0 radical (unpaired) electrons. The molecule has 1 aliphatic carbocycles. The molecule has 0 amide bonds. The van der Waals surface area contributed by atoms with Crippen LogP contribution in [0.15, 0.2) is 41.8 Å². The second-order valence-electron chi connectivity index (χ2n) is 8.75. The first-order valence-corrected chi connectivity index (χ1v) is 11.7. The lowest BCUT2D eigenvalue weighted by Gasteiger charge is -2.22. The summed E-state index contributed by atoms with van der Waals surface area (Å²) in [6.07, 6.45) is 3.63. The number of benzene rings is 1. The highest BCUT2D eigenvalue weighted by molar-refractivity contribution is 7.82. The van der Waals surface area contributed by atoms with Gasteiger partial charge < -0.3 is 16.3 Å². The monoisotopic (exact) mass is 474 g/mol. The van der Waals surface area contributed by atoms with E-state index >= 15 is 0 Å². The number of hydrogen-bond donors (Lipinski definition) is 2. The van der Waals surface area contributed by atoms with E-state index in [-0.39, 0.29) is 12.0 Å². The number of nitrogen functional groups attached to an aromatic ring is 1. The molecule has 1 aromatic carbocycles. The highest BCUT2D eigenvalue weighted by Gasteiger charge is 2.29. The molecule has 1 aliphatic rings. The second-order valence-corrected chi connectivity index (χ2v) is 9.24. The summed E-state index contributed by atoms with van der Waals surface area (Å²) in [5.74, 6) is 6.58. The van der Waals surface area contributed by atoms with Crippen LogP contribution in [-0.2, 0) is 6.54 Å². The van der Waals surface area contributed by atoms with Gasteiger partial charge in [0, 0.05) is 21.7 Å². The average molecular weight is 475 g/mol. The summed E-state index contributed by atoms with van der Waals surface area (Å²) in [5, 5.41) is 10.6. The fraction of sp³-hybridized carbons (Fsp3) is 0.333. The number of rotatable bonds is 5. The molecule has 9 nitrogen and oxygen atoms in total. The Morgan fingerprint density at radius 3 is 2.85 bits per heavy atom. The zero-order chi connectivity index (χ0) is 23.8. The van der Waals surface area contributed by atoms with Gasteiger partial charge >= 0.3 is 0 Å². The molecule has 10 heteroatoms. The van der Waals surface area contributed by atoms with Crippen molar-refractivity contribution < 1.29 is 4.74 Å². The fourth-order valence-corrected chi connectivity index (χ4v) is 4.82. The largest absolute Gasteiger partial charge is 0.475 e. The number of fused-ring (bicyclic) bond motifs is 2. The molecule has 4 aromatic rings. The molecule has 4 N–H and O–H groups in total. The smallest absolute Gasteiger partial charge is 0.219 e. The van der Waals surface area contributed by atoms with E-state index in [1.54, 1.807) is 0 Å². The second kappa shape index (κ2) is 8.94. The predicted octanol–water partition coefficient (Wildman–Crippen LogP) is 3.74. The van der Waals surface area contributed by atoms with Crippen LogP contribution in [0.2, 0.25) is 0 Å². The Morgan fingerprint density at radius 1 is 1.26 bits per heavy atom. The average Bonchev–Trinajstić information content (AvgIpc) is 3.18. The van der Waals surface area contributed by atoms with Crippen LogP contribution in [-0.4, -0.2) is 41.4 Å². The Bertz CT molecular complexity index is 1430. The lowest BCUT2D eigenvalue weighted by molar-refractivity contribution is 0.230. The van der Waals surface area contributed by atoms with Crippen molar-refractivity contribution >= 4 is 50.5 Å². The number of hydrogen-bond acceptors (Lipinski definition) is 9. The first-order valence-electron chi connectivity index (χ1n) is 11.3. The van der Waals surface area contributed by atoms with Crippen LogP contribution < -0.4 is 16.3 Å². The van der Waals surface area contributed by atoms with Crippen LogP contribution in [0.1, 0.15) is 50.3 Å². The lowest BCUT2D eigenvalue weighted by Crippen LogP contribution is -2.24. The Hall–Kier alpha value is -3.66. The van der Waals surface area contributed by atoms with Crippen molar-refractivity contribution in [3.05, 3.63) is 47.9 Å². The summed E-state index contributed by atoms with van der Waals surface area (Å²) in [6.45, 7) is 4.40.